The smallest absolute Gasteiger partial charge is 0.243 e. The van der Waals surface area contributed by atoms with E-state index in [-0.39, 0.29) is 18.2 Å². The van der Waals surface area contributed by atoms with E-state index in [4.69, 9.17) is 10.3 Å². The molecule has 0 radical (unpaired) electrons. The van der Waals surface area contributed by atoms with E-state index < -0.39 is 6.04 Å². The summed E-state index contributed by atoms with van der Waals surface area (Å²) in [7, 11) is 1.74. The largest absolute Gasteiger partial charge is 0.402 e. The first-order valence-corrected chi connectivity index (χ1v) is 10.8. The maximum atomic E-state index is 12.8. The van der Waals surface area contributed by atoms with Crippen molar-refractivity contribution in [1.82, 2.24) is 15.4 Å². The summed E-state index contributed by atoms with van der Waals surface area (Å²) in [6, 6.07) is 9.17. The Bertz CT molecular complexity index is 1030. The van der Waals surface area contributed by atoms with Crippen molar-refractivity contribution < 1.29 is 14.1 Å². The van der Waals surface area contributed by atoms with E-state index >= 15 is 0 Å². The number of aromatic nitrogens is 1. The van der Waals surface area contributed by atoms with Gasteiger partial charge >= 0.3 is 0 Å². The van der Waals surface area contributed by atoms with Gasteiger partial charge in [0.15, 0.2) is 0 Å². The molecule has 8 heteroatoms. The molecule has 0 unspecified atom stereocenters. The highest BCUT2D eigenvalue weighted by Crippen LogP contribution is 2.21. The van der Waals surface area contributed by atoms with Crippen LogP contribution in [0.25, 0.3) is 5.57 Å². The van der Waals surface area contributed by atoms with Crippen molar-refractivity contribution in [2.45, 2.75) is 52.6 Å². The second-order valence-electron chi connectivity index (χ2n) is 8.14. The van der Waals surface area contributed by atoms with Crippen LogP contribution in [0.1, 0.15) is 49.3 Å². The molecule has 8 nitrogen and oxygen atoms in total. The van der Waals surface area contributed by atoms with E-state index in [9.17, 15) is 9.59 Å². The van der Waals surface area contributed by atoms with Crippen LogP contribution in [-0.4, -0.2) is 47.2 Å². The zero-order valence-corrected chi connectivity index (χ0v) is 19.1. The quantitative estimate of drug-likeness (QED) is 0.647. The highest BCUT2D eigenvalue weighted by molar-refractivity contribution is 6.23. The number of carbonyl (C=O) groups is 2. The van der Waals surface area contributed by atoms with E-state index in [0.717, 1.165) is 34.5 Å². The van der Waals surface area contributed by atoms with Crippen molar-refractivity contribution in [3.05, 3.63) is 58.6 Å². The molecule has 1 saturated heterocycles. The summed E-state index contributed by atoms with van der Waals surface area (Å²) in [5.74, 6) is 0.261. The van der Waals surface area contributed by atoms with Crippen molar-refractivity contribution in [3.63, 3.8) is 0 Å². The Kier molecular flexibility index (Phi) is 7.45. The fraction of sp³-hybridized carbons (Fsp3) is 0.417. The van der Waals surface area contributed by atoms with Gasteiger partial charge in [0, 0.05) is 43.2 Å². The first-order chi connectivity index (χ1) is 15.3. The highest BCUT2D eigenvalue weighted by atomic mass is 16.5. The number of aryl methyl sites for hydroxylation is 1. The number of benzene rings is 1. The molecule has 1 atom stereocenters. The van der Waals surface area contributed by atoms with Crippen molar-refractivity contribution in [3.8, 4) is 0 Å². The van der Waals surface area contributed by atoms with Gasteiger partial charge in [0.25, 0.3) is 0 Å². The number of rotatable bonds is 7. The zero-order valence-electron chi connectivity index (χ0n) is 19.1. The number of nitrogens with one attached hydrogen (secondary N) is 1. The van der Waals surface area contributed by atoms with Gasteiger partial charge in [-0.05, 0) is 44.7 Å². The predicted octanol–water partition coefficient (Wildman–Crippen LogP) is 2.61. The van der Waals surface area contributed by atoms with Crippen molar-refractivity contribution in [1.29, 1.82) is 0 Å². The third kappa shape index (κ3) is 5.43. The molecule has 1 aromatic carbocycles. The number of nitrogens with zero attached hydrogens (tertiary/aromatic N) is 3. The molecule has 2 aromatic rings. The summed E-state index contributed by atoms with van der Waals surface area (Å²) < 4.78 is 5.14. The van der Waals surface area contributed by atoms with E-state index in [0.29, 0.717) is 31.0 Å². The van der Waals surface area contributed by atoms with Gasteiger partial charge in [0.05, 0.1) is 12.1 Å². The molecule has 32 heavy (non-hydrogen) atoms. The molecule has 2 heterocycles. The molecule has 3 rings (SSSR count). The van der Waals surface area contributed by atoms with Crippen LogP contribution in [0.3, 0.4) is 0 Å². The van der Waals surface area contributed by atoms with Gasteiger partial charge in [-0.1, -0.05) is 29.4 Å². The minimum Gasteiger partial charge on any atom is -0.402 e. The number of carbonyl (C=O) groups excluding carboxylic acids is 2. The second-order valence-corrected chi connectivity index (χ2v) is 8.14. The first-order valence-electron chi connectivity index (χ1n) is 10.8. The monoisotopic (exact) mass is 437 g/mol. The van der Waals surface area contributed by atoms with E-state index in [1.165, 1.54) is 0 Å². The number of aliphatic imine (C=N–C) groups is 1. The molecule has 1 fully saturated rings. The lowest BCUT2D eigenvalue weighted by Gasteiger charge is -2.23. The van der Waals surface area contributed by atoms with E-state index in [1.807, 2.05) is 45.0 Å². The molecule has 0 spiro atoms. The van der Waals surface area contributed by atoms with Gasteiger partial charge in [0.1, 0.15) is 11.8 Å². The molecule has 3 N–H and O–H groups in total. The zero-order chi connectivity index (χ0) is 23.3. The summed E-state index contributed by atoms with van der Waals surface area (Å²) in [6.07, 6.45) is 1.58. The van der Waals surface area contributed by atoms with Crippen LogP contribution in [-0.2, 0) is 22.6 Å². The number of hydrogen-bond donors (Lipinski definition) is 2. The molecule has 0 saturated carbocycles. The third-order valence-corrected chi connectivity index (χ3v) is 5.68. The molecule has 2 amide bonds. The predicted molar refractivity (Wildman–Crippen MR) is 124 cm³/mol. The number of nitrogens with two attached hydrogens (primary N) is 1. The van der Waals surface area contributed by atoms with Crippen LogP contribution >= 0.6 is 0 Å². The molecule has 0 aliphatic carbocycles. The van der Waals surface area contributed by atoms with Crippen LogP contribution in [0.4, 0.5) is 0 Å². The Morgan fingerprint density at radius 1 is 1.28 bits per heavy atom. The van der Waals surface area contributed by atoms with Crippen LogP contribution in [0, 0.1) is 6.92 Å². The van der Waals surface area contributed by atoms with Crippen LogP contribution < -0.4 is 11.1 Å². The Morgan fingerprint density at radius 3 is 2.59 bits per heavy atom. The molecular formula is C24H31N5O3. The number of amides is 2. The Morgan fingerprint density at radius 2 is 2.00 bits per heavy atom. The summed E-state index contributed by atoms with van der Waals surface area (Å²) >= 11 is 0. The lowest BCUT2D eigenvalue weighted by molar-refractivity contribution is -0.138. The average molecular weight is 438 g/mol. The lowest BCUT2D eigenvalue weighted by Crippen LogP contribution is -2.46. The molecule has 0 bridgehead atoms. The van der Waals surface area contributed by atoms with Gasteiger partial charge in [-0.3, -0.25) is 14.6 Å². The van der Waals surface area contributed by atoms with Gasteiger partial charge in [0.2, 0.25) is 11.8 Å². The van der Waals surface area contributed by atoms with Crippen molar-refractivity contribution in [2.75, 3.05) is 13.6 Å². The number of likely N-dealkylation sites (tertiary alicyclic amines) is 1. The summed E-state index contributed by atoms with van der Waals surface area (Å²) in [5.41, 5.74) is 11.2. The fourth-order valence-corrected chi connectivity index (χ4v) is 4.02. The third-order valence-electron chi connectivity index (χ3n) is 5.68. The van der Waals surface area contributed by atoms with Crippen LogP contribution in [0.5, 0.6) is 0 Å². The van der Waals surface area contributed by atoms with E-state index in [2.05, 4.69) is 15.5 Å². The van der Waals surface area contributed by atoms with Crippen LogP contribution in [0.15, 0.2) is 45.5 Å². The number of allylic oxidation sites excluding steroid dienone is 2. The first kappa shape index (κ1) is 23.2. The summed E-state index contributed by atoms with van der Waals surface area (Å²) in [4.78, 5) is 31.4. The Hall–Kier alpha value is -3.42. The fourth-order valence-electron chi connectivity index (χ4n) is 4.02. The second kappa shape index (κ2) is 10.3. The van der Waals surface area contributed by atoms with E-state index in [1.54, 1.807) is 18.0 Å². The standard InChI is InChI=1S/C24H31N5O3/c1-15-12-20(32-28-15)13-22(30)29-11-5-6-21(29)24(31)27-14-18-7-9-19(10-8-18)23(16(2)25)17(3)26-4/h7-10,12,21H,5-6,11,13-14,25H2,1-4H3,(H,27,31)/t21-/m0/s1. The topological polar surface area (TPSA) is 114 Å². The van der Waals surface area contributed by atoms with Gasteiger partial charge in [-0.25, -0.2) is 0 Å². The lowest BCUT2D eigenvalue weighted by atomic mass is 9.99. The maximum Gasteiger partial charge on any atom is 0.243 e. The average Bonchev–Trinajstić information content (AvgIpc) is 3.41. The highest BCUT2D eigenvalue weighted by Gasteiger charge is 2.34. The van der Waals surface area contributed by atoms with Gasteiger partial charge in [-0.15, -0.1) is 0 Å². The number of hydrogen-bond acceptors (Lipinski definition) is 6. The van der Waals surface area contributed by atoms with Crippen molar-refractivity contribution in [2.24, 2.45) is 10.7 Å². The minimum atomic E-state index is -0.455. The van der Waals surface area contributed by atoms with Gasteiger partial charge < -0.3 is 20.5 Å². The maximum absolute atomic E-state index is 12.8. The Balaban J connectivity index is 1.60. The van der Waals surface area contributed by atoms with Crippen molar-refractivity contribution >= 4 is 23.1 Å². The molecule has 1 aliphatic heterocycles. The summed E-state index contributed by atoms with van der Waals surface area (Å²) in [6.45, 7) is 6.56. The molecule has 1 aromatic heterocycles. The molecular weight excluding hydrogens is 406 g/mol. The minimum absolute atomic E-state index is 0.114. The van der Waals surface area contributed by atoms with Crippen LogP contribution in [0.2, 0.25) is 0 Å². The molecule has 170 valence electrons. The molecule has 1 aliphatic rings. The normalized spacial score (nSPS) is 17.3. The summed E-state index contributed by atoms with van der Waals surface area (Å²) in [5, 5.41) is 6.78. The van der Waals surface area contributed by atoms with Gasteiger partial charge in [-0.2, -0.15) is 0 Å². The Labute approximate surface area is 188 Å². The SMILES string of the molecule is CN=C(C)C(=C(C)N)c1ccc(CNC(=O)[C@@H]2CCCN2C(=O)Cc2cc(C)no2)cc1.